The molecule has 0 unspecified atom stereocenters. The van der Waals surface area contributed by atoms with Crippen molar-refractivity contribution in [3.8, 4) is 17.2 Å². The Bertz CT molecular complexity index is 1300. The molecule has 4 rings (SSSR count). The number of carbonyl (C=O) groups is 2. The molecule has 2 aromatic carbocycles. The molecule has 2 aromatic heterocycles. The van der Waals surface area contributed by atoms with Gasteiger partial charge in [-0.15, -0.1) is 11.3 Å². The van der Waals surface area contributed by atoms with Crippen molar-refractivity contribution in [3.05, 3.63) is 65.8 Å². The average Bonchev–Trinajstić information content (AvgIpc) is 3.33. The average molecular weight is 480 g/mol. The summed E-state index contributed by atoms with van der Waals surface area (Å²) in [6, 6.07) is 11.5. The number of urea groups is 1. The van der Waals surface area contributed by atoms with Gasteiger partial charge in [0.1, 0.15) is 29.4 Å². The highest BCUT2D eigenvalue weighted by Crippen LogP contribution is 2.34. The van der Waals surface area contributed by atoms with Gasteiger partial charge in [-0.3, -0.25) is 15.1 Å². The summed E-state index contributed by atoms with van der Waals surface area (Å²) >= 11 is 1.32. The maximum Gasteiger partial charge on any atom is 0.325 e. The summed E-state index contributed by atoms with van der Waals surface area (Å²) in [6.07, 6.45) is 3.14. The Labute approximate surface area is 198 Å². The number of nitrogens with two attached hydrogens (primary N) is 1. The van der Waals surface area contributed by atoms with Crippen LogP contribution < -0.4 is 25.8 Å². The van der Waals surface area contributed by atoms with E-state index in [9.17, 15) is 9.59 Å². The number of ether oxygens (including phenoxy) is 3. The standard InChI is InChI=1S/C23H21N5O5S/c1-31-11-12-32-18-7-6-16-17(8-9-25-20(16)19(18)21(24)29)33-15-4-2-14(3-5-15)27-22(30)28-23-26-10-13-34-23/h2-10,13H,11-12H2,1H3,(H2,24,29)(H2,26,27,28,30). The fourth-order valence-electron chi connectivity index (χ4n) is 3.14. The van der Waals surface area contributed by atoms with Crippen LogP contribution in [0.2, 0.25) is 0 Å². The lowest BCUT2D eigenvalue weighted by molar-refractivity contribution is 0.0994. The molecular weight excluding hydrogens is 458 g/mol. The normalized spacial score (nSPS) is 10.6. The highest BCUT2D eigenvalue weighted by atomic mass is 32.1. The molecule has 0 radical (unpaired) electrons. The second-order valence-corrected chi connectivity index (χ2v) is 7.79. The molecule has 0 aliphatic heterocycles. The van der Waals surface area contributed by atoms with E-state index in [0.717, 1.165) is 0 Å². The number of fused-ring (bicyclic) bond motifs is 1. The Morgan fingerprint density at radius 2 is 1.79 bits per heavy atom. The molecule has 174 valence electrons. The molecule has 0 aliphatic rings. The number of hydrogen-bond donors (Lipinski definition) is 3. The molecule has 3 amide bonds. The van der Waals surface area contributed by atoms with Crippen LogP contribution in [0.15, 0.2) is 60.2 Å². The van der Waals surface area contributed by atoms with Crippen molar-refractivity contribution in [3.63, 3.8) is 0 Å². The SMILES string of the molecule is COCCOc1ccc2c(Oc3ccc(NC(=O)Nc4nccs4)cc3)ccnc2c1C(N)=O. The van der Waals surface area contributed by atoms with Gasteiger partial charge in [0, 0.05) is 36.0 Å². The number of carbonyl (C=O) groups excluding carboxylic acids is 2. The molecule has 0 aliphatic carbocycles. The first-order valence-electron chi connectivity index (χ1n) is 10.1. The van der Waals surface area contributed by atoms with E-state index >= 15 is 0 Å². The third kappa shape index (κ3) is 5.39. The van der Waals surface area contributed by atoms with Crippen molar-refractivity contribution in [1.82, 2.24) is 9.97 Å². The van der Waals surface area contributed by atoms with Crippen molar-refractivity contribution in [2.75, 3.05) is 31.0 Å². The first-order chi connectivity index (χ1) is 16.5. The number of methoxy groups -OCH3 is 1. The number of pyridine rings is 1. The van der Waals surface area contributed by atoms with Gasteiger partial charge >= 0.3 is 6.03 Å². The summed E-state index contributed by atoms with van der Waals surface area (Å²) in [5, 5.41) is 8.24. The lowest BCUT2D eigenvalue weighted by atomic mass is 10.1. The summed E-state index contributed by atoms with van der Waals surface area (Å²) in [6.45, 7) is 0.630. The molecule has 11 heteroatoms. The summed E-state index contributed by atoms with van der Waals surface area (Å²) in [5.74, 6) is 0.680. The van der Waals surface area contributed by atoms with E-state index in [4.69, 9.17) is 19.9 Å². The van der Waals surface area contributed by atoms with E-state index in [0.29, 0.717) is 45.6 Å². The molecule has 4 aromatic rings. The number of primary amides is 1. The number of aromatic nitrogens is 2. The number of nitrogens with zero attached hydrogens (tertiary/aromatic N) is 2. The first kappa shape index (κ1) is 23.0. The molecule has 2 heterocycles. The highest BCUT2D eigenvalue weighted by molar-refractivity contribution is 7.13. The first-order valence-corrected chi connectivity index (χ1v) is 11.0. The molecule has 34 heavy (non-hydrogen) atoms. The monoisotopic (exact) mass is 479 g/mol. The summed E-state index contributed by atoms with van der Waals surface area (Å²) in [4.78, 5) is 32.5. The van der Waals surface area contributed by atoms with E-state index in [1.807, 2.05) is 0 Å². The van der Waals surface area contributed by atoms with Crippen LogP contribution >= 0.6 is 11.3 Å². The lowest BCUT2D eigenvalue weighted by Gasteiger charge is -2.14. The second-order valence-electron chi connectivity index (χ2n) is 6.89. The minimum Gasteiger partial charge on any atom is -0.490 e. The van der Waals surface area contributed by atoms with Crippen LogP contribution in [0.4, 0.5) is 15.6 Å². The Morgan fingerprint density at radius 1 is 0.971 bits per heavy atom. The van der Waals surface area contributed by atoms with E-state index in [1.54, 1.807) is 61.2 Å². The van der Waals surface area contributed by atoms with Crippen LogP contribution in [-0.2, 0) is 4.74 Å². The molecule has 10 nitrogen and oxygen atoms in total. The van der Waals surface area contributed by atoms with Gasteiger partial charge in [-0.1, -0.05) is 0 Å². The number of nitrogens with one attached hydrogen (secondary N) is 2. The summed E-state index contributed by atoms with van der Waals surface area (Å²) < 4.78 is 16.6. The Morgan fingerprint density at radius 3 is 2.50 bits per heavy atom. The minimum absolute atomic E-state index is 0.171. The number of thiazole rings is 1. The fourth-order valence-corrected chi connectivity index (χ4v) is 3.66. The Hall–Kier alpha value is -4.22. The smallest absolute Gasteiger partial charge is 0.325 e. The van der Waals surface area contributed by atoms with E-state index in [1.165, 1.54) is 17.5 Å². The Kier molecular flexibility index (Phi) is 7.16. The molecule has 0 spiro atoms. The quantitative estimate of drug-likeness (QED) is 0.305. The summed E-state index contributed by atoms with van der Waals surface area (Å²) in [7, 11) is 1.56. The van der Waals surface area contributed by atoms with Crippen LogP contribution in [0, 0.1) is 0 Å². The zero-order valence-electron chi connectivity index (χ0n) is 18.1. The van der Waals surface area contributed by atoms with Crippen molar-refractivity contribution in [2.45, 2.75) is 0 Å². The van der Waals surface area contributed by atoms with Gasteiger partial charge in [-0.25, -0.2) is 9.78 Å². The molecular formula is C23H21N5O5S. The molecule has 4 N–H and O–H groups in total. The molecule has 0 saturated carbocycles. The minimum atomic E-state index is -0.658. The zero-order chi connectivity index (χ0) is 23.9. The van der Waals surface area contributed by atoms with Crippen LogP contribution in [0.25, 0.3) is 10.9 Å². The third-order valence-electron chi connectivity index (χ3n) is 4.62. The van der Waals surface area contributed by atoms with Crippen molar-refractivity contribution >= 4 is 45.0 Å². The molecule has 0 atom stereocenters. The van der Waals surface area contributed by atoms with Gasteiger partial charge in [0.2, 0.25) is 0 Å². The van der Waals surface area contributed by atoms with Gasteiger partial charge in [0.15, 0.2) is 5.13 Å². The lowest BCUT2D eigenvalue weighted by Crippen LogP contribution is -2.19. The van der Waals surface area contributed by atoms with Gasteiger partial charge in [0.05, 0.1) is 12.1 Å². The fraction of sp³-hybridized carbons (Fsp3) is 0.130. The molecule has 0 bridgehead atoms. The van der Waals surface area contributed by atoms with Gasteiger partial charge in [-0.2, -0.15) is 0 Å². The largest absolute Gasteiger partial charge is 0.490 e. The van der Waals surface area contributed by atoms with Gasteiger partial charge < -0.3 is 25.3 Å². The van der Waals surface area contributed by atoms with Crippen molar-refractivity contribution in [2.24, 2.45) is 5.73 Å². The number of hydrogen-bond acceptors (Lipinski definition) is 8. The maximum atomic E-state index is 12.2. The van der Waals surface area contributed by atoms with Crippen molar-refractivity contribution < 1.29 is 23.8 Å². The number of amides is 3. The number of benzene rings is 2. The van der Waals surface area contributed by atoms with E-state index < -0.39 is 11.9 Å². The van der Waals surface area contributed by atoms with E-state index in [2.05, 4.69) is 20.6 Å². The molecule has 0 saturated heterocycles. The highest BCUT2D eigenvalue weighted by Gasteiger charge is 2.18. The van der Waals surface area contributed by atoms with Crippen LogP contribution in [-0.4, -0.2) is 42.2 Å². The van der Waals surface area contributed by atoms with Crippen LogP contribution in [0.1, 0.15) is 10.4 Å². The summed E-state index contributed by atoms with van der Waals surface area (Å²) in [5.41, 5.74) is 6.73. The van der Waals surface area contributed by atoms with Crippen LogP contribution in [0.5, 0.6) is 17.2 Å². The number of rotatable bonds is 9. The predicted molar refractivity (Wildman–Crippen MR) is 129 cm³/mol. The second kappa shape index (κ2) is 10.6. The zero-order valence-corrected chi connectivity index (χ0v) is 18.9. The topological polar surface area (TPSA) is 138 Å². The van der Waals surface area contributed by atoms with E-state index in [-0.39, 0.29) is 12.2 Å². The van der Waals surface area contributed by atoms with Crippen molar-refractivity contribution in [1.29, 1.82) is 0 Å². The predicted octanol–water partition coefficient (Wildman–Crippen LogP) is 4.25. The van der Waals surface area contributed by atoms with Gasteiger partial charge in [0.25, 0.3) is 5.91 Å². The Balaban J connectivity index is 1.52. The van der Waals surface area contributed by atoms with Crippen LogP contribution in [0.3, 0.4) is 0 Å². The molecule has 0 fully saturated rings. The van der Waals surface area contributed by atoms with Gasteiger partial charge in [-0.05, 0) is 42.5 Å². The number of anilines is 2. The third-order valence-corrected chi connectivity index (χ3v) is 5.31. The maximum absolute atomic E-state index is 12.2.